The molecule has 2 aromatic rings. The largest absolute Gasteiger partial charge is 0.464 e. The molecule has 11 nitrogen and oxygen atoms in total. The van der Waals surface area contributed by atoms with Gasteiger partial charge in [-0.15, -0.1) is 0 Å². The number of nitrogens with zero attached hydrogens (tertiary/aromatic N) is 1. The van der Waals surface area contributed by atoms with Gasteiger partial charge in [0.2, 0.25) is 10.2 Å². The molecule has 2 N–H and O–H groups in total. The normalized spacial score (nSPS) is 18.9. The minimum atomic E-state index is -1.21. The molecule has 1 aliphatic heterocycles. The first kappa shape index (κ1) is 28.9. The summed E-state index contributed by atoms with van der Waals surface area (Å²) in [4.78, 5) is 81.0. The van der Waals surface area contributed by atoms with E-state index in [0.717, 1.165) is 23.5 Å². The van der Waals surface area contributed by atoms with Crippen molar-refractivity contribution in [3.63, 3.8) is 0 Å². The molecule has 0 spiro atoms. The zero-order chi connectivity index (χ0) is 27.7. The van der Waals surface area contributed by atoms with E-state index in [-0.39, 0.29) is 47.2 Å². The standard InChI is InChI=1S/C25H25N3O8S2/c1-3-35-22(31)18-12-37-24(33)14-8-5-6-9-15(14)25(34)38-13-19(23(32)36-4-2)28-21(30)17-11-7-10-16(26-17)20(29)27-18/h5-11,18-19H,3-4,12-13H2,1-2H3,(H,27,29)(H,28,30)/t18-,19-/m1/s1. The number of amides is 2. The molecule has 13 heteroatoms. The number of ether oxygens (including phenoxy) is 2. The molecular formula is C25H25N3O8S2. The van der Waals surface area contributed by atoms with Gasteiger partial charge in [-0.05, 0) is 38.1 Å². The Labute approximate surface area is 226 Å². The van der Waals surface area contributed by atoms with Crippen LogP contribution < -0.4 is 10.6 Å². The molecule has 38 heavy (non-hydrogen) atoms. The number of carbonyl (C=O) groups excluding carboxylic acids is 6. The van der Waals surface area contributed by atoms with Crippen molar-refractivity contribution in [2.75, 3.05) is 24.7 Å². The number of carbonyl (C=O) groups is 6. The lowest BCUT2D eigenvalue weighted by molar-refractivity contribution is -0.145. The van der Waals surface area contributed by atoms with Crippen LogP contribution in [0.1, 0.15) is 55.5 Å². The lowest BCUT2D eigenvalue weighted by atomic mass is 10.1. The number of rotatable bonds is 4. The Balaban J connectivity index is 2.02. The Bertz CT molecular complexity index is 1160. The minimum Gasteiger partial charge on any atom is -0.464 e. The average molecular weight is 560 g/mol. The lowest BCUT2D eigenvalue weighted by Crippen LogP contribution is -2.45. The highest BCUT2D eigenvalue weighted by Gasteiger charge is 2.29. The van der Waals surface area contributed by atoms with Crippen molar-refractivity contribution in [2.45, 2.75) is 25.9 Å². The molecule has 2 bridgehead atoms. The van der Waals surface area contributed by atoms with Gasteiger partial charge in [0.1, 0.15) is 23.5 Å². The van der Waals surface area contributed by atoms with Gasteiger partial charge in [-0.25, -0.2) is 14.6 Å². The molecule has 0 fully saturated rings. The molecule has 3 rings (SSSR count). The summed E-state index contributed by atoms with van der Waals surface area (Å²) in [6.07, 6.45) is 0. The minimum absolute atomic E-state index is 0.0495. The third kappa shape index (κ3) is 7.42. The maximum atomic E-state index is 13.0. The van der Waals surface area contributed by atoms with Crippen LogP contribution in [0.15, 0.2) is 42.5 Å². The predicted molar refractivity (Wildman–Crippen MR) is 140 cm³/mol. The Morgan fingerprint density at radius 1 is 0.763 bits per heavy atom. The predicted octanol–water partition coefficient (Wildman–Crippen LogP) is 1.87. The molecule has 0 unspecified atom stereocenters. The second-order valence-electron chi connectivity index (χ2n) is 7.71. The summed E-state index contributed by atoms with van der Waals surface area (Å²) >= 11 is 1.47. The van der Waals surface area contributed by atoms with Crippen LogP contribution in [0, 0.1) is 0 Å². The van der Waals surface area contributed by atoms with Crippen LogP contribution in [0.25, 0.3) is 0 Å². The highest BCUT2D eigenvalue weighted by Crippen LogP contribution is 2.23. The number of pyridine rings is 1. The highest BCUT2D eigenvalue weighted by molar-refractivity contribution is 8.14. The smallest absolute Gasteiger partial charge is 0.329 e. The van der Waals surface area contributed by atoms with E-state index in [4.69, 9.17) is 9.47 Å². The molecule has 2 amide bonds. The number of hydrogen-bond acceptors (Lipinski definition) is 11. The molecule has 1 aromatic heterocycles. The van der Waals surface area contributed by atoms with Crippen molar-refractivity contribution in [2.24, 2.45) is 0 Å². The van der Waals surface area contributed by atoms with Gasteiger partial charge in [-0.2, -0.15) is 0 Å². The first-order chi connectivity index (χ1) is 18.2. The van der Waals surface area contributed by atoms with Crippen LogP contribution >= 0.6 is 23.5 Å². The summed E-state index contributed by atoms with van der Waals surface area (Å²) in [7, 11) is 0. The number of fused-ring (bicyclic) bond motifs is 3. The van der Waals surface area contributed by atoms with Crippen molar-refractivity contribution in [3.05, 3.63) is 65.0 Å². The number of esters is 2. The van der Waals surface area contributed by atoms with Gasteiger partial charge >= 0.3 is 11.9 Å². The monoisotopic (exact) mass is 559 g/mol. The summed E-state index contributed by atoms with van der Waals surface area (Å²) in [5, 5.41) is 3.98. The summed E-state index contributed by atoms with van der Waals surface area (Å²) in [5.41, 5.74) is -0.151. The SMILES string of the molecule is CCOC(=O)[C@H]1CSC(=O)c2ccccc2C(=O)SC[C@H](C(=O)OCC)NC(=O)c2cccc(n2)C(=O)N1. The molecule has 200 valence electrons. The van der Waals surface area contributed by atoms with E-state index in [1.54, 1.807) is 26.0 Å². The third-order valence-electron chi connectivity index (χ3n) is 5.10. The molecule has 0 aliphatic carbocycles. The second kappa shape index (κ2) is 13.7. The number of benzene rings is 1. The first-order valence-corrected chi connectivity index (χ1v) is 13.6. The number of thioether (sulfide) groups is 2. The van der Waals surface area contributed by atoms with E-state index in [2.05, 4.69) is 15.6 Å². The van der Waals surface area contributed by atoms with Crippen molar-refractivity contribution >= 4 is 57.5 Å². The first-order valence-electron chi connectivity index (χ1n) is 11.6. The van der Waals surface area contributed by atoms with E-state index in [1.807, 2.05) is 0 Å². The molecular weight excluding hydrogens is 534 g/mol. The fraction of sp³-hybridized carbons (Fsp3) is 0.320. The van der Waals surface area contributed by atoms with Crippen molar-refractivity contribution < 1.29 is 38.2 Å². The maximum absolute atomic E-state index is 13.0. The van der Waals surface area contributed by atoms with Crippen molar-refractivity contribution in [3.8, 4) is 0 Å². The van der Waals surface area contributed by atoms with Crippen LogP contribution in [-0.2, 0) is 19.1 Å². The van der Waals surface area contributed by atoms with E-state index in [0.29, 0.717) is 0 Å². The highest BCUT2D eigenvalue weighted by atomic mass is 32.2. The Morgan fingerprint density at radius 3 is 1.58 bits per heavy atom. The Kier molecular flexibility index (Phi) is 10.4. The van der Waals surface area contributed by atoms with Crippen LogP contribution in [0.4, 0.5) is 0 Å². The topological polar surface area (TPSA) is 158 Å². The fourth-order valence-electron chi connectivity index (χ4n) is 3.29. The van der Waals surface area contributed by atoms with Gasteiger partial charge in [-0.1, -0.05) is 41.7 Å². The van der Waals surface area contributed by atoms with Crippen molar-refractivity contribution in [1.82, 2.24) is 15.6 Å². The Hall–Kier alpha value is -3.71. The molecule has 0 saturated heterocycles. The van der Waals surface area contributed by atoms with Crippen LogP contribution in [0.2, 0.25) is 0 Å². The summed E-state index contributed by atoms with van der Waals surface area (Å²) in [6.45, 7) is 3.30. The molecule has 0 radical (unpaired) electrons. The Morgan fingerprint density at radius 2 is 1.18 bits per heavy atom. The van der Waals surface area contributed by atoms with Gasteiger partial charge in [0.25, 0.3) is 11.8 Å². The van der Waals surface area contributed by atoms with Gasteiger partial charge in [-0.3, -0.25) is 19.2 Å². The van der Waals surface area contributed by atoms with E-state index in [9.17, 15) is 28.8 Å². The van der Waals surface area contributed by atoms with E-state index in [1.165, 1.54) is 30.3 Å². The summed E-state index contributed by atoms with van der Waals surface area (Å²) in [6, 6.07) is 7.78. The average Bonchev–Trinajstić information content (AvgIpc) is 2.92. The molecule has 1 aromatic carbocycles. The van der Waals surface area contributed by atoms with Crippen molar-refractivity contribution in [1.29, 1.82) is 0 Å². The zero-order valence-corrected chi connectivity index (χ0v) is 22.2. The van der Waals surface area contributed by atoms with Crippen LogP contribution in [0.5, 0.6) is 0 Å². The number of nitrogens with one attached hydrogen (secondary N) is 2. The zero-order valence-electron chi connectivity index (χ0n) is 20.6. The van der Waals surface area contributed by atoms with Crippen LogP contribution in [0.3, 0.4) is 0 Å². The molecule has 1 aliphatic rings. The quantitative estimate of drug-likeness (QED) is 0.527. The second-order valence-corrected chi connectivity index (χ2v) is 9.69. The van der Waals surface area contributed by atoms with Gasteiger partial charge in [0, 0.05) is 22.6 Å². The van der Waals surface area contributed by atoms with Gasteiger partial charge in [0.15, 0.2) is 0 Å². The van der Waals surface area contributed by atoms with Gasteiger partial charge < -0.3 is 20.1 Å². The maximum Gasteiger partial charge on any atom is 0.329 e. The van der Waals surface area contributed by atoms with E-state index < -0.39 is 46.1 Å². The molecule has 2 atom stereocenters. The summed E-state index contributed by atoms with van der Waals surface area (Å²) in [5.74, 6) is -3.42. The fourth-order valence-corrected chi connectivity index (χ4v) is 5.03. The number of hydrogen-bond donors (Lipinski definition) is 2. The molecule has 2 heterocycles. The van der Waals surface area contributed by atoms with E-state index >= 15 is 0 Å². The lowest BCUT2D eigenvalue weighted by Gasteiger charge is -2.17. The van der Waals surface area contributed by atoms with Gasteiger partial charge in [0.05, 0.1) is 13.2 Å². The third-order valence-corrected chi connectivity index (χ3v) is 7.06. The number of aromatic nitrogens is 1. The van der Waals surface area contributed by atoms with Crippen LogP contribution in [-0.4, -0.2) is 75.8 Å². The summed E-state index contributed by atoms with van der Waals surface area (Å²) < 4.78 is 10.1. The molecule has 0 saturated carbocycles.